The van der Waals surface area contributed by atoms with Crippen LogP contribution in [0.25, 0.3) is 0 Å². The first-order chi connectivity index (χ1) is 20.4. The van der Waals surface area contributed by atoms with E-state index in [0.717, 1.165) is 29.0 Å². The van der Waals surface area contributed by atoms with Crippen molar-refractivity contribution < 1.29 is 27.4 Å². The number of esters is 1. The Bertz CT molecular complexity index is 1520. The molecule has 0 aliphatic heterocycles. The quantitative estimate of drug-likeness (QED) is 0.0829. The fourth-order valence-corrected chi connectivity index (χ4v) is 6.76. The van der Waals surface area contributed by atoms with Gasteiger partial charge in [0.05, 0.1) is 23.1 Å². The van der Waals surface area contributed by atoms with Crippen LogP contribution in [0.2, 0.25) is 0 Å². The van der Waals surface area contributed by atoms with Gasteiger partial charge >= 0.3 is 12.1 Å². The molecule has 222 valence electrons. The van der Waals surface area contributed by atoms with E-state index in [1.807, 2.05) is 26.0 Å². The summed E-state index contributed by atoms with van der Waals surface area (Å²) in [4.78, 5) is 16.2. The summed E-state index contributed by atoms with van der Waals surface area (Å²) >= 11 is 0. The first-order valence-electron chi connectivity index (χ1n) is 13.9. The molecule has 0 bridgehead atoms. The second-order valence-electron chi connectivity index (χ2n) is 10.6. The average Bonchev–Trinajstić information content (AvgIpc) is 2.96. The number of hydrogen-bond acceptors (Lipinski definition) is 3. The van der Waals surface area contributed by atoms with Crippen molar-refractivity contribution in [3.05, 3.63) is 119 Å². The maximum absolute atomic E-state index is 12.8. The van der Waals surface area contributed by atoms with Gasteiger partial charge in [0, 0.05) is 24.1 Å². The van der Waals surface area contributed by atoms with Gasteiger partial charge in [0.25, 0.3) is 0 Å². The van der Waals surface area contributed by atoms with Gasteiger partial charge < -0.3 is 9.47 Å². The van der Waals surface area contributed by atoms with Gasteiger partial charge in [-0.3, -0.25) is 4.79 Å². The van der Waals surface area contributed by atoms with E-state index in [1.165, 1.54) is 26.8 Å². The summed E-state index contributed by atoms with van der Waals surface area (Å²) in [5, 5.41) is 0. The summed E-state index contributed by atoms with van der Waals surface area (Å²) in [7, 11) is -0.259. The van der Waals surface area contributed by atoms with Gasteiger partial charge in [0.15, 0.2) is 20.3 Å². The van der Waals surface area contributed by atoms with Crippen molar-refractivity contribution in [3.8, 4) is 17.6 Å². The molecule has 7 heteroatoms. The van der Waals surface area contributed by atoms with E-state index in [-0.39, 0.29) is 17.3 Å². The number of rotatable bonds is 9. The van der Waals surface area contributed by atoms with Crippen LogP contribution in [0.5, 0.6) is 5.75 Å². The van der Waals surface area contributed by atoms with Gasteiger partial charge in [-0.15, -0.1) is 0 Å². The molecule has 0 heterocycles. The Morgan fingerprint density at radius 3 is 1.84 bits per heavy atom. The Labute approximate surface area is 254 Å². The van der Waals surface area contributed by atoms with E-state index in [2.05, 4.69) is 72.5 Å². The third-order valence-corrected chi connectivity index (χ3v) is 8.68. The molecule has 0 radical (unpaired) electrons. The molecule has 4 aromatic rings. The number of aryl methyl sites for hydroxylation is 2. The van der Waals surface area contributed by atoms with E-state index >= 15 is 0 Å². The second kappa shape index (κ2) is 13.9. The predicted molar refractivity (Wildman–Crippen MR) is 164 cm³/mol. The molecule has 0 aliphatic rings. The summed E-state index contributed by atoms with van der Waals surface area (Å²) in [5.41, 5.74) is 0.625. The van der Waals surface area contributed by atoms with Crippen LogP contribution in [0.1, 0.15) is 48.9 Å². The van der Waals surface area contributed by atoms with Crippen molar-refractivity contribution in [2.24, 2.45) is 0 Å². The fraction of sp³-hybridized carbons (Fsp3) is 0.250. The van der Waals surface area contributed by atoms with E-state index in [4.69, 9.17) is 9.47 Å². The standard InChI is InChI=1S/C36H34F3O3S/c1-26-24-32(43(30-12-7-5-8-13-30)31-14-9-6-10-15-31)25-27(2)34(26)41-23-11-16-33(40)42-35(3,4)22-21-28-17-19-29(20-18-28)36(37,38)39/h5-10,12-15,17-20,24-25H,11,16,23H2,1-4H3/q+1. The maximum atomic E-state index is 12.8. The number of benzene rings is 4. The number of carbonyl (C=O) groups excluding carboxylic acids is 1. The zero-order valence-corrected chi connectivity index (χ0v) is 25.4. The Morgan fingerprint density at radius 1 is 0.791 bits per heavy atom. The molecule has 0 saturated heterocycles. The lowest BCUT2D eigenvalue weighted by Gasteiger charge is -2.19. The lowest BCUT2D eigenvalue weighted by molar-refractivity contribution is -0.152. The molecule has 0 amide bonds. The first-order valence-corrected chi connectivity index (χ1v) is 15.2. The maximum Gasteiger partial charge on any atom is 0.416 e. The molecule has 0 N–H and O–H groups in total. The van der Waals surface area contributed by atoms with Crippen LogP contribution in [0.15, 0.2) is 112 Å². The van der Waals surface area contributed by atoms with Gasteiger partial charge in [-0.05, 0) is 93.8 Å². The Hall–Kier alpha value is -4.15. The molecule has 0 spiro atoms. The van der Waals surface area contributed by atoms with Gasteiger partial charge in [-0.2, -0.15) is 13.2 Å². The van der Waals surface area contributed by atoms with Crippen LogP contribution < -0.4 is 4.74 Å². The Balaban J connectivity index is 1.34. The lowest BCUT2D eigenvalue weighted by Crippen LogP contribution is -2.26. The first kappa shape index (κ1) is 31.8. The fourth-order valence-electron chi connectivity index (χ4n) is 4.49. The Kier molecular flexibility index (Phi) is 10.3. The topological polar surface area (TPSA) is 35.5 Å². The molecule has 43 heavy (non-hydrogen) atoms. The summed E-state index contributed by atoms with van der Waals surface area (Å²) < 4.78 is 49.9. The summed E-state index contributed by atoms with van der Waals surface area (Å²) in [6, 6.07) is 29.8. The minimum atomic E-state index is -4.40. The van der Waals surface area contributed by atoms with Gasteiger partial charge in [0.1, 0.15) is 5.75 Å². The Morgan fingerprint density at radius 2 is 1.33 bits per heavy atom. The zero-order chi connectivity index (χ0) is 31.0. The summed E-state index contributed by atoms with van der Waals surface area (Å²) in [6.07, 6.45) is -3.80. The van der Waals surface area contributed by atoms with Crippen LogP contribution in [-0.4, -0.2) is 18.2 Å². The highest BCUT2D eigenvalue weighted by atomic mass is 32.2. The van der Waals surface area contributed by atoms with Gasteiger partial charge in [-0.25, -0.2) is 0 Å². The highest BCUT2D eigenvalue weighted by Gasteiger charge is 2.31. The van der Waals surface area contributed by atoms with Crippen molar-refractivity contribution in [1.29, 1.82) is 0 Å². The molecular weight excluding hydrogens is 569 g/mol. The third-order valence-electron chi connectivity index (χ3n) is 6.49. The van der Waals surface area contributed by atoms with Crippen LogP contribution >= 0.6 is 0 Å². The van der Waals surface area contributed by atoms with Crippen molar-refractivity contribution in [2.45, 2.75) is 67.0 Å². The van der Waals surface area contributed by atoms with Crippen molar-refractivity contribution in [1.82, 2.24) is 0 Å². The largest absolute Gasteiger partial charge is 0.493 e. The van der Waals surface area contributed by atoms with Crippen molar-refractivity contribution >= 4 is 16.9 Å². The van der Waals surface area contributed by atoms with Crippen LogP contribution in [-0.2, 0) is 26.6 Å². The number of halogens is 3. The predicted octanol–water partition coefficient (Wildman–Crippen LogP) is 8.95. The van der Waals surface area contributed by atoms with Gasteiger partial charge in [0.2, 0.25) is 0 Å². The van der Waals surface area contributed by atoms with Crippen LogP contribution in [0.4, 0.5) is 13.2 Å². The number of ether oxygens (including phenoxy) is 2. The SMILES string of the molecule is Cc1cc([S+](c2ccccc2)c2ccccc2)cc(C)c1OCCCC(=O)OC(C)(C)C#Cc1ccc(C(F)(F)F)cc1. The van der Waals surface area contributed by atoms with E-state index in [9.17, 15) is 18.0 Å². The highest BCUT2D eigenvalue weighted by Crippen LogP contribution is 2.35. The molecule has 4 aromatic carbocycles. The monoisotopic (exact) mass is 603 g/mol. The summed E-state index contributed by atoms with van der Waals surface area (Å²) in [6.45, 7) is 7.71. The minimum Gasteiger partial charge on any atom is -0.493 e. The number of carbonyl (C=O) groups is 1. The zero-order valence-electron chi connectivity index (χ0n) is 24.6. The van der Waals surface area contributed by atoms with E-state index in [0.29, 0.717) is 18.6 Å². The highest BCUT2D eigenvalue weighted by molar-refractivity contribution is 7.97. The molecule has 0 saturated carbocycles. The molecule has 0 aliphatic carbocycles. The normalized spacial score (nSPS) is 11.5. The average molecular weight is 604 g/mol. The van der Waals surface area contributed by atoms with E-state index < -0.39 is 23.3 Å². The minimum absolute atomic E-state index is 0.146. The second-order valence-corrected chi connectivity index (χ2v) is 12.6. The van der Waals surface area contributed by atoms with Gasteiger partial charge in [-0.1, -0.05) is 48.2 Å². The third kappa shape index (κ3) is 8.92. The molecule has 0 aromatic heterocycles. The molecule has 3 nitrogen and oxygen atoms in total. The number of hydrogen-bond donors (Lipinski definition) is 0. The van der Waals surface area contributed by atoms with Crippen LogP contribution in [0.3, 0.4) is 0 Å². The molecule has 0 atom stereocenters. The molecular formula is C36H34F3O3S+. The molecule has 4 rings (SSSR count). The smallest absolute Gasteiger partial charge is 0.416 e. The lowest BCUT2D eigenvalue weighted by atomic mass is 10.1. The summed E-state index contributed by atoms with van der Waals surface area (Å²) in [5.74, 6) is 6.00. The van der Waals surface area contributed by atoms with Crippen molar-refractivity contribution in [3.63, 3.8) is 0 Å². The molecule has 0 fully saturated rings. The van der Waals surface area contributed by atoms with Crippen LogP contribution in [0, 0.1) is 25.7 Å². The van der Waals surface area contributed by atoms with Crippen molar-refractivity contribution in [2.75, 3.05) is 6.61 Å². The molecule has 0 unspecified atom stereocenters. The number of alkyl halides is 3. The van der Waals surface area contributed by atoms with E-state index in [1.54, 1.807) is 13.8 Å².